The Morgan fingerprint density at radius 2 is 1.50 bits per heavy atom. The third-order valence-electron chi connectivity index (χ3n) is 1.76. The normalized spacial score (nSPS) is 18.4. The van der Waals surface area contributed by atoms with Crippen molar-refractivity contribution >= 4 is 0 Å². The van der Waals surface area contributed by atoms with Gasteiger partial charge in [-0.25, -0.2) is 5.53 Å². The summed E-state index contributed by atoms with van der Waals surface area (Å²) in [6.07, 6.45) is 6.24. The Hall–Kier alpha value is -0.480. The van der Waals surface area contributed by atoms with Crippen LogP contribution in [-0.4, -0.2) is 17.0 Å². The first-order chi connectivity index (χ1) is 3.93. The fraction of sp³-hybridized carbons (Fsp3) is 1.00. The number of hydrogen-bond donors (Lipinski definition) is 1. The lowest BCUT2D eigenvalue weighted by molar-refractivity contribution is 0.426. The van der Waals surface area contributed by atoms with Crippen LogP contribution in [0.15, 0.2) is 5.11 Å². The quantitative estimate of drug-likeness (QED) is 0.529. The average molecular weight is 148 g/mol. The summed E-state index contributed by atoms with van der Waals surface area (Å²) in [4.78, 5) is 0. The molecule has 0 aromatic heterocycles. The molecule has 0 atom stereocenters. The fourth-order valence-electron chi connectivity index (χ4n) is 1.21. The van der Waals surface area contributed by atoms with Gasteiger partial charge in [-0.3, -0.25) is 0 Å². The SMILES string of the molecule is N=NC1CCCCC1.O.O. The van der Waals surface area contributed by atoms with E-state index < -0.39 is 0 Å². The highest BCUT2D eigenvalue weighted by molar-refractivity contribution is 4.68. The van der Waals surface area contributed by atoms with Crippen molar-refractivity contribution in [2.45, 2.75) is 38.1 Å². The predicted octanol–water partition coefficient (Wildman–Crippen LogP) is 0.701. The lowest BCUT2D eigenvalue weighted by Gasteiger charge is -2.14. The van der Waals surface area contributed by atoms with Gasteiger partial charge < -0.3 is 11.0 Å². The second-order valence-electron chi connectivity index (χ2n) is 2.42. The summed E-state index contributed by atoms with van der Waals surface area (Å²) >= 11 is 0. The van der Waals surface area contributed by atoms with E-state index in [1.54, 1.807) is 0 Å². The summed E-state index contributed by atoms with van der Waals surface area (Å²) in [6.45, 7) is 0. The van der Waals surface area contributed by atoms with Gasteiger partial charge in [0.2, 0.25) is 0 Å². The highest BCUT2D eigenvalue weighted by atomic mass is 16.0. The summed E-state index contributed by atoms with van der Waals surface area (Å²) in [5.74, 6) is 0. The first kappa shape index (κ1) is 12.2. The maximum atomic E-state index is 6.72. The van der Waals surface area contributed by atoms with Gasteiger partial charge in [0.1, 0.15) is 0 Å². The van der Waals surface area contributed by atoms with Crippen molar-refractivity contribution in [1.29, 1.82) is 5.53 Å². The molecule has 0 aliphatic heterocycles. The molecule has 0 aromatic carbocycles. The van der Waals surface area contributed by atoms with E-state index in [9.17, 15) is 0 Å². The largest absolute Gasteiger partial charge is 0.412 e. The van der Waals surface area contributed by atoms with Crippen molar-refractivity contribution in [1.82, 2.24) is 0 Å². The summed E-state index contributed by atoms with van der Waals surface area (Å²) in [6, 6.07) is 0.378. The molecule has 4 nitrogen and oxygen atoms in total. The second kappa shape index (κ2) is 6.64. The van der Waals surface area contributed by atoms with E-state index in [-0.39, 0.29) is 11.0 Å². The van der Waals surface area contributed by atoms with Crippen LogP contribution >= 0.6 is 0 Å². The monoisotopic (exact) mass is 148 g/mol. The molecule has 10 heavy (non-hydrogen) atoms. The number of nitrogens with one attached hydrogen (secondary N) is 1. The van der Waals surface area contributed by atoms with Crippen molar-refractivity contribution in [3.8, 4) is 0 Å². The van der Waals surface area contributed by atoms with Gasteiger partial charge in [0.15, 0.2) is 0 Å². The van der Waals surface area contributed by atoms with Crippen LogP contribution in [0.1, 0.15) is 32.1 Å². The summed E-state index contributed by atoms with van der Waals surface area (Å²) in [7, 11) is 0. The minimum atomic E-state index is 0. The molecular formula is C6H16N2O2. The molecule has 1 fully saturated rings. The van der Waals surface area contributed by atoms with Crippen LogP contribution in [0.5, 0.6) is 0 Å². The van der Waals surface area contributed by atoms with Gasteiger partial charge >= 0.3 is 0 Å². The summed E-state index contributed by atoms with van der Waals surface area (Å²) < 4.78 is 0. The number of hydrogen-bond acceptors (Lipinski definition) is 2. The molecule has 0 spiro atoms. The maximum Gasteiger partial charge on any atom is 0.0705 e. The minimum Gasteiger partial charge on any atom is -0.412 e. The van der Waals surface area contributed by atoms with Gasteiger partial charge in [0.25, 0.3) is 0 Å². The lowest BCUT2D eigenvalue weighted by Crippen LogP contribution is -2.07. The Kier molecular flexibility index (Phi) is 8.11. The fourth-order valence-corrected chi connectivity index (χ4v) is 1.21. The molecule has 1 rings (SSSR count). The van der Waals surface area contributed by atoms with Crippen molar-refractivity contribution in [3.63, 3.8) is 0 Å². The third kappa shape index (κ3) is 3.53. The van der Waals surface area contributed by atoms with Crippen molar-refractivity contribution in [2.75, 3.05) is 0 Å². The highest BCUT2D eigenvalue weighted by Crippen LogP contribution is 2.19. The molecular weight excluding hydrogens is 132 g/mol. The molecule has 0 amide bonds. The van der Waals surface area contributed by atoms with E-state index in [0.29, 0.717) is 6.04 Å². The molecule has 0 heterocycles. The molecule has 0 radical (unpaired) electrons. The topological polar surface area (TPSA) is 99.2 Å². The van der Waals surface area contributed by atoms with E-state index in [4.69, 9.17) is 5.53 Å². The van der Waals surface area contributed by atoms with Gasteiger partial charge in [-0.05, 0) is 12.8 Å². The molecule has 62 valence electrons. The Balaban J connectivity index is 0. The van der Waals surface area contributed by atoms with Gasteiger partial charge in [0.05, 0.1) is 6.04 Å². The van der Waals surface area contributed by atoms with Gasteiger partial charge in [0, 0.05) is 0 Å². The van der Waals surface area contributed by atoms with Crippen molar-refractivity contribution < 1.29 is 11.0 Å². The van der Waals surface area contributed by atoms with E-state index >= 15 is 0 Å². The molecule has 5 N–H and O–H groups in total. The van der Waals surface area contributed by atoms with Crippen LogP contribution < -0.4 is 0 Å². The molecule has 1 saturated carbocycles. The van der Waals surface area contributed by atoms with E-state index in [2.05, 4.69) is 5.11 Å². The molecule has 0 saturated heterocycles. The zero-order valence-corrected chi connectivity index (χ0v) is 6.06. The maximum absolute atomic E-state index is 6.72. The van der Waals surface area contributed by atoms with Gasteiger partial charge in [-0.15, -0.1) is 0 Å². The van der Waals surface area contributed by atoms with Crippen LogP contribution in [0.4, 0.5) is 0 Å². The average Bonchev–Trinajstić information content (AvgIpc) is 1.90. The first-order valence-corrected chi connectivity index (χ1v) is 3.30. The van der Waals surface area contributed by atoms with Crippen molar-refractivity contribution in [3.05, 3.63) is 0 Å². The Labute approximate surface area is 60.8 Å². The van der Waals surface area contributed by atoms with Crippen molar-refractivity contribution in [2.24, 2.45) is 5.11 Å². The molecule has 0 bridgehead atoms. The smallest absolute Gasteiger partial charge is 0.0705 e. The third-order valence-corrected chi connectivity index (χ3v) is 1.76. The second-order valence-corrected chi connectivity index (χ2v) is 2.42. The molecule has 0 aromatic rings. The zero-order valence-electron chi connectivity index (χ0n) is 6.06. The van der Waals surface area contributed by atoms with E-state index in [1.165, 1.54) is 19.3 Å². The Morgan fingerprint density at radius 3 is 1.80 bits per heavy atom. The number of nitrogens with zero attached hydrogens (tertiary/aromatic N) is 1. The lowest BCUT2D eigenvalue weighted by atomic mass is 9.96. The van der Waals surface area contributed by atoms with Crippen LogP contribution in [-0.2, 0) is 0 Å². The predicted molar refractivity (Wildman–Crippen MR) is 39.2 cm³/mol. The van der Waals surface area contributed by atoms with E-state index in [0.717, 1.165) is 12.8 Å². The molecule has 0 unspecified atom stereocenters. The molecule has 4 heteroatoms. The summed E-state index contributed by atoms with van der Waals surface area (Å²) in [5, 5.41) is 3.50. The molecule has 1 aliphatic rings. The van der Waals surface area contributed by atoms with E-state index in [1.807, 2.05) is 0 Å². The van der Waals surface area contributed by atoms with Crippen LogP contribution in [0, 0.1) is 5.53 Å². The molecule has 1 aliphatic carbocycles. The van der Waals surface area contributed by atoms with Gasteiger partial charge in [-0.1, -0.05) is 19.3 Å². The standard InChI is InChI=1S/C6H12N2.2H2O/c7-8-6-4-2-1-3-5-6;;/h6-7H,1-5H2;2*1H2. The first-order valence-electron chi connectivity index (χ1n) is 3.30. The van der Waals surface area contributed by atoms with Crippen LogP contribution in [0.2, 0.25) is 0 Å². The van der Waals surface area contributed by atoms with Crippen LogP contribution in [0.25, 0.3) is 0 Å². The Bertz CT molecular complexity index is 81.8. The van der Waals surface area contributed by atoms with Gasteiger partial charge in [-0.2, -0.15) is 5.11 Å². The highest BCUT2D eigenvalue weighted by Gasteiger charge is 2.10. The zero-order chi connectivity index (χ0) is 5.82. The van der Waals surface area contributed by atoms with Crippen LogP contribution in [0.3, 0.4) is 0 Å². The Morgan fingerprint density at radius 1 is 1.00 bits per heavy atom. The number of rotatable bonds is 1. The minimum absolute atomic E-state index is 0. The summed E-state index contributed by atoms with van der Waals surface area (Å²) in [5.41, 5.74) is 6.72.